The SMILES string of the molecule is CC(Oc1cccc(/C=C2\SC(=S)N(CCC(=O)O)C2=O)c1)C(=O)O. The molecular formula is C16H15NO6S2. The van der Waals surface area contributed by atoms with Gasteiger partial charge >= 0.3 is 11.9 Å². The van der Waals surface area contributed by atoms with Gasteiger partial charge in [-0.3, -0.25) is 14.5 Å². The van der Waals surface area contributed by atoms with E-state index in [-0.39, 0.29) is 18.9 Å². The third kappa shape index (κ3) is 5.04. The van der Waals surface area contributed by atoms with Crippen LogP contribution in [0, 0.1) is 0 Å². The van der Waals surface area contributed by atoms with E-state index in [9.17, 15) is 14.4 Å². The summed E-state index contributed by atoms with van der Waals surface area (Å²) in [5.41, 5.74) is 0.647. The normalized spacial score (nSPS) is 17.0. The molecule has 1 aromatic carbocycles. The summed E-state index contributed by atoms with van der Waals surface area (Å²) >= 11 is 6.21. The van der Waals surface area contributed by atoms with E-state index in [0.717, 1.165) is 11.8 Å². The lowest BCUT2D eigenvalue weighted by Gasteiger charge is -2.12. The number of carbonyl (C=O) groups is 3. The standard InChI is InChI=1S/C16H15NO6S2/c1-9(15(21)22)23-11-4-2-3-10(7-11)8-12-14(20)17(16(24)25-12)6-5-13(18)19/h2-4,7-9H,5-6H2,1H3,(H,18,19)(H,21,22)/b12-8-. The maximum atomic E-state index is 12.3. The summed E-state index contributed by atoms with van der Waals surface area (Å²) in [6, 6.07) is 6.65. The third-order valence-electron chi connectivity index (χ3n) is 3.24. The average Bonchev–Trinajstić information content (AvgIpc) is 2.79. The van der Waals surface area contributed by atoms with Crippen LogP contribution in [0.15, 0.2) is 29.2 Å². The summed E-state index contributed by atoms with van der Waals surface area (Å²) < 4.78 is 5.60. The Kier molecular flexibility index (Phi) is 6.16. The van der Waals surface area contributed by atoms with Gasteiger partial charge in [-0.1, -0.05) is 36.1 Å². The number of carboxylic acid groups (broad SMARTS) is 2. The van der Waals surface area contributed by atoms with Crippen molar-refractivity contribution in [1.29, 1.82) is 0 Å². The van der Waals surface area contributed by atoms with Crippen molar-refractivity contribution in [2.75, 3.05) is 6.54 Å². The van der Waals surface area contributed by atoms with Crippen LogP contribution in [0.5, 0.6) is 5.75 Å². The molecular weight excluding hydrogens is 366 g/mol. The number of amides is 1. The zero-order valence-corrected chi connectivity index (χ0v) is 14.8. The first-order valence-corrected chi connectivity index (χ1v) is 8.47. The zero-order chi connectivity index (χ0) is 18.6. The summed E-state index contributed by atoms with van der Waals surface area (Å²) in [4.78, 5) is 35.5. The van der Waals surface area contributed by atoms with Crippen LogP contribution < -0.4 is 4.74 Å². The molecule has 1 heterocycles. The Morgan fingerprint density at radius 2 is 2.12 bits per heavy atom. The fraction of sp³-hybridized carbons (Fsp3) is 0.250. The van der Waals surface area contributed by atoms with Gasteiger partial charge in [0, 0.05) is 6.54 Å². The second-order valence-corrected chi connectivity index (χ2v) is 6.82. The van der Waals surface area contributed by atoms with Crippen molar-refractivity contribution in [2.24, 2.45) is 0 Å². The molecule has 0 radical (unpaired) electrons. The highest BCUT2D eigenvalue weighted by molar-refractivity contribution is 8.26. The van der Waals surface area contributed by atoms with E-state index in [4.69, 9.17) is 27.2 Å². The number of ether oxygens (including phenoxy) is 1. The van der Waals surface area contributed by atoms with Gasteiger partial charge in [0.15, 0.2) is 6.10 Å². The van der Waals surface area contributed by atoms with Gasteiger partial charge < -0.3 is 14.9 Å². The lowest BCUT2D eigenvalue weighted by Crippen LogP contribution is -2.30. The maximum Gasteiger partial charge on any atom is 0.344 e. The predicted molar refractivity (Wildman–Crippen MR) is 96.3 cm³/mol. The Hall–Kier alpha value is -2.39. The Bertz CT molecular complexity index is 761. The molecule has 0 aromatic heterocycles. The van der Waals surface area contributed by atoms with Crippen LogP contribution >= 0.6 is 24.0 Å². The molecule has 0 aliphatic carbocycles. The molecule has 1 unspecified atom stereocenters. The molecule has 7 nitrogen and oxygen atoms in total. The highest BCUT2D eigenvalue weighted by Gasteiger charge is 2.32. The number of hydrogen-bond acceptors (Lipinski definition) is 6. The molecule has 132 valence electrons. The minimum absolute atomic E-state index is 0.0244. The Balaban J connectivity index is 2.15. The number of carbonyl (C=O) groups excluding carboxylic acids is 1. The van der Waals surface area contributed by atoms with E-state index >= 15 is 0 Å². The lowest BCUT2D eigenvalue weighted by atomic mass is 10.2. The van der Waals surface area contributed by atoms with Gasteiger partial charge in [-0.05, 0) is 30.7 Å². The Morgan fingerprint density at radius 1 is 1.40 bits per heavy atom. The number of thiocarbonyl (C=S) groups is 1. The second-order valence-electron chi connectivity index (χ2n) is 5.15. The Labute approximate surface area is 153 Å². The van der Waals surface area contributed by atoms with Gasteiger partial charge in [0.2, 0.25) is 0 Å². The van der Waals surface area contributed by atoms with Crippen molar-refractivity contribution in [3.05, 3.63) is 34.7 Å². The summed E-state index contributed by atoms with van der Waals surface area (Å²) in [7, 11) is 0. The predicted octanol–water partition coefficient (Wildman–Crippen LogP) is 2.21. The monoisotopic (exact) mass is 381 g/mol. The first-order valence-electron chi connectivity index (χ1n) is 7.24. The largest absolute Gasteiger partial charge is 0.481 e. The number of nitrogens with zero attached hydrogens (tertiary/aromatic N) is 1. The van der Waals surface area contributed by atoms with Crippen molar-refractivity contribution in [3.63, 3.8) is 0 Å². The summed E-state index contributed by atoms with van der Waals surface area (Å²) in [6.45, 7) is 1.44. The van der Waals surface area contributed by atoms with Crippen LogP contribution in [0.25, 0.3) is 6.08 Å². The molecule has 1 aliphatic rings. The molecule has 1 amide bonds. The first kappa shape index (κ1) is 18.9. The van der Waals surface area contributed by atoms with Crippen LogP contribution in [-0.4, -0.2) is 49.9 Å². The van der Waals surface area contributed by atoms with Crippen LogP contribution in [0.4, 0.5) is 0 Å². The van der Waals surface area contributed by atoms with E-state index in [1.54, 1.807) is 30.3 Å². The average molecular weight is 381 g/mol. The fourth-order valence-corrected chi connectivity index (χ4v) is 3.29. The topological polar surface area (TPSA) is 104 Å². The number of carboxylic acids is 2. The summed E-state index contributed by atoms with van der Waals surface area (Å²) in [5, 5.41) is 17.6. The smallest absolute Gasteiger partial charge is 0.344 e. The van der Waals surface area contributed by atoms with Gasteiger partial charge in [-0.2, -0.15) is 0 Å². The van der Waals surface area contributed by atoms with Crippen molar-refractivity contribution < 1.29 is 29.3 Å². The molecule has 25 heavy (non-hydrogen) atoms. The molecule has 1 aromatic rings. The number of rotatable bonds is 7. The maximum absolute atomic E-state index is 12.3. The number of aliphatic carboxylic acids is 2. The molecule has 1 saturated heterocycles. The molecule has 1 fully saturated rings. The van der Waals surface area contributed by atoms with E-state index in [0.29, 0.717) is 20.5 Å². The molecule has 1 atom stereocenters. The number of hydrogen-bond donors (Lipinski definition) is 2. The number of benzene rings is 1. The molecule has 0 saturated carbocycles. The highest BCUT2D eigenvalue weighted by Crippen LogP contribution is 2.33. The van der Waals surface area contributed by atoms with Gasteiger partial charge in [-0.15, -0.1) is 0 Å². The molecule has 9 heteroatoms. The van der Waals surface area contributed by atoms with Gasteiger partial charge in [0.1, 0.15) is 10.1 Å². The number of thioether (sulfide) groups is 1. The molecule has 2 N–H and O–H groups in total. The van der Waals surface area contributed by atoms with Crippen LogP contribution in [-0.2, 0) is 14.4 Å². The van der Waals surface area contributed by atoms with E-state index in [2.05, 4.69) is 0 Å². The minimum atomic E-state index is -1.08. The fourth-order valence-electron chi connectivity index (χ4n) is 1.98. The quantitative estimate of drug-likeness (QED) is 0.547. The molecule has 0 spiro atoms. The Morgan fingerprint density at radius 3 is 2.76 bits per heavy atom. The van der Waals surface area contributed by atoms with Crippen molar-refractivity contribution in [1.82, 2.24) is 4.90 Å². The minimum Gasteiger partial charge on any atom is -0.481 e. The van der Waals surface area contributed by atoms with Crippen LogP contribution in [0.1, 0.15) is 18.9 Å². The van der Waals surface area contributed by atoms with E-state index in [1.807, 2.05) is 0 Å². The zero-order valence-electron chi connectivity index (χ0n) is 13.2. The van der Waals surface area contributed by atoms with Gasteiger partial charge in [0.05, 0.1) is 11.3 Å². The van der Waals surface area contributed by atoms with Crippen molar-refractivity contribution in [2.45, 2.75) is 19.4 Å². The first-order chi connectivity index (χ1) is 11.8. The van der Waals surface area contributed by atoms with Gasteiger partial charge in [0.25, 0.3) is 5.91 Å². The van der Waals surface area contributed by atoms with Gasteiger partial charge in [-0.25, -0.2) is 4.79 Å². The van der Waals surface area contributed by atoms with Crippen LogP contribution in [0.2, 0.25) is 0 Å². The van der Waals surface area contributed by atoms with E-state index < -0.39 is 18.0 Å². The highest BCUT2D eigenvalue weighted by atomic mass is 32.2. The summed E-state index contributed by atoms with van der Waals surface area (Å²) in [6.07, 6.45) is 0.429. The molecule has 0 bridgehead atoms. The van der Waals surface area contributed by atoms with E-state index in [1.165, 1.54) is 11.8 Å². The van der Waals surface area contributed by atoms with Crippen molar-refractivity contribution in [3.8, 4) is 5.75 Å². The lowest BCUT2D eigenvalue weighted by molar-refractivity contribution is -0.144. The third-order valence-corrected chi connectivity index (χ3v) is 4.62. The molecule has 2 rings (SSSR count). The van der Waals surface area contributed by atoms with Crippen molar-refractivity contribution >= 4 is 52.2 Å². The molecule has 1 aliphatic heterocycles. The summed E-state index contributed by atoms with van der Waals surface area (Å²) in [5.74, 6) is -2.06. The second kappa shape index (κ2) is 8.13. The van der Waals surface area contributed by atoms with Crippen LogP contribution in [0.3, 0.4) is 0 Å².